The highest BCUT2D eigenvalue weighted by Crippen LogP contribution is 2.29. The van der Waals surface area contributed by atoms with Crippen LogP contribution in [0.3, 0.4) is 0 Å². The molecule has 0 unspecified atom stereocenters. The number of benzene rings is 2. The number of carboxylic acids is 1. The summed E-state index contributed by atoms with van der Waals surface area (Å²) < 4.78 is 28.6. The Morgan fingerprint density at radius 2 is 1.73 bits per heavy atom. The van der Waals surface area contributed by atoms with Crippen molar-refractivity contribution >= 4 is 48.9 Å². The molecule has 26 heavy (non-hydrogen) atoms. The average Bonchev–Trinajstić information content (AvgIpc) is 2.98. The van der Waals surface area contributed by atoms with Crippen molar-refractivity contribution in [2.24, 2.45) is 0 Å². The van der Waals surface area contributed by atoms with Gasteiger partial charge in [-0.3, -0.25) is 4.72 Å². The smallest absolute Gasteiger partial charge is 0.346 e. The van der Waals surface area contributed by atoms with Gasteiger partial charge in [0.15, 0.2) is 0 Å². The molecule has 0 atom stereocenters. The van der Waals surface area contributed by atoms with Gasteiger partial charge < -0.3 is 5.11 Å². The van der Waals surface area contributed by atoms with E-state index in [1.165, 1.54) is 6.07 Å². The second-order valence-corrected chi connectivity index (χ2v) is 9.46. The molecular formula is C18H14BrNO4S2. The van der Waals surface area contributed by atoms with Crippen LogP contribution in [-0.4, -0.2) is 19.5 Å². The van der Waals surface area contributed by atoms with Crippen molar-refractivity contribution in [3.8, 4) is 11.1 Å². The maximum Gasteiger partial charge on any atom is 0.346 e. The zero-order chi connectivity index (χ0) is 18.9. The fraction of sp³-hybridized carbons (Fsp3) is 0.0556. The van der Waals surface area contributed by atoms with Crippen molar-refractivity contribution in [2.45, 2.75) is 11.1 Å². The van der Waals surface area contributed by atoms with Gasteiger partial charge in [-0.2, -0.15) is 0 Å². The molecule has 0 spiro atoms. The number of hydrogen-bond acceptors (Lipinski definition) is 4. The second kappa shape index (κ2) is 7.22. The average molecular weight is 452 g/mol. The molecule has 8 heteroatoms. The predicted octanol–water partition coefficient (Wildman–Crippen LogP) is 4.99. The lowest BCUT2D eigenvalue weighted by atomic mass is 10.1. The van der Waals surface area contributed by atoms with Crippen LogP contribution in [0.1, 0.15) is 15.2 Å². The first-order valence-corrected chi connectivity index (χ1v) is 10.6. The molecule has 2 aromatic carbocycles. The van der Waals surface area contributed by atoms with E-state index in [1.807, 2.05) is 30.3 Å². The highest BCUT2D eigenvalue weighted by molar-refractivity contribution is 9.10. The molecule has 5 nitrogen and oxygen atoms in total. The van der Waals surface area contributed by atoms with Crippen molar-refractivity contribution < 1.29 is 18.3 Å². The minimum Gasteiger partial charge on any atom is -0.477 e. The van der Waals surface area contributed by atoms with E-state index in [4.69, 9.17) is 5.11 Å². The van der Waals surface area contributed by atoms with Gasteiger partial charge in [0, 0.05) is 10.2 Å². The van der Waals surface area contributed by atoms with Crippen molar-refractivity contribution in [3.05, 3.63) is 69.5 Å². The number of rotatable bonds is 5. The summed E-state index contributed by atoms with van der Waals surface area (Å²) in [5.74, 6) is -1.13. The van der Waals surface area contributed by atoms with Crippen LogP contribution in [0.15, 0.2) is 63.3 Å². The second-order valence-electron chi connectivity index (χ2n) is 5.58. The molecule has 0 bridgehead atoms. The van der Waals surface area contributed by atoms with Gasteiger partial charge in [-0.25, -0.2) is 13.2 Å². The van der Waals surface area contributed by atoms with Crippen LogP contribution in [0.5, 0.6) is 0 Å². The highest BCUT2D eigenvalue weighted by atomic mass is 79.9. The quantitative estimate of drug-likeness (QED) is 0.572. The van der Waals surface area contributed by atoms with Crippen LogP contribution < -0.4 is 4.72 Å². The monoisotopic (exact) mass is 451 g/mol. The lowest BCUT2D eigenvalue weighted by molar-refractivity contribution is 0.0701. The van der Waals surface area contributed by atoms with Crippen molar-refractivity contribution in [1.82, 2.24) is 0 Å². The van der Waals surface area contributed by atoms with E-state index < -0.39 is 16.0 Å². The maximum absolute atomic E-state index is 12.6. The van der Waals surface area contributed by atoms with E-state index >= 15 is 0 Å². The van der Waals surface area contributed by atoms with E-state index in [-0.39, 0.29) is 9.09 Å². The van der Waals surface area contributed by atoms with Crippen LogP contribution in [0.4, 0.5) is 5.69 Å². The molecule has 0 aliphatic heterocycles. The molecule has 3 aromatic rings. The van der Waals surface area contributed by atoms with Crippen LogP contribution in [0.2, 0.25) is 0 Å². The SMILES string of the molecule is Cc1cc(S(=O)(=O)Nc2cccc(-c3cccc(Br)c3)c2)sc1C(=O)O. The minimum absolute atomic E-state index is 0.0215. The van der Waals surface area contributed by atoms with Gasteiger partial charge in [-0.05, 0) is 53.9 Å². The molecule has 1 heterocycles. The lowest BCUT2D eigenvalue weighted by Crippen LogP contribution is -2.11. The van der Waals surface area contributed by atoms with Gasteiger partial charge in [0.05, 0.1) is 0 Å². The number of anilines is 1. The standard InChI is InChI=1S/C18H14BrNO4S2/c1-11-8-16(25-17(11)18(21)22)26(23,24)20-15-7-3-5-13(10-15)12-4-2-6-14(19)9-12/h2-10,20H,1H3,(H,21,22). The summed E-state index contributed by atoms with van der Waals surface area (Å²) in [6.07, 6.45) is 0. The number of hydrogen-bond donors (Lipinski definition) is 2. The molecule has 0 aliphatic rings. The Bertz CT molecular complexity index is 1090. The van der Waals surface area contributed by atoms with Gasteiger partial charge in [-0.1, -0.05) is 40.2 Å². The summed E-state index contributed by atoms with van der Waals surface area (Å²) in [4.78, 5) is 11.2. The van der Waals surface area contributed by atoms with E-state index in [0.29, 0.717) is 11.3 Å². The summed E-state index contributed by atoms with van der Waals surface area (Å²) >= 11 is 4.16. The number of thiophene rings is 1. The third-order valence-electron chi connectivity index (χ3n) is 3.63. The lowest BCUT2D eigenvalue weighted by Gasteiger charge is -2.09. The summed E-state index contributed by atoms with van der Waals surface area (Å²) in [6, 6.07) is 16.1. The third kappa shape index (κ3) is 3.98. The number of aromatic carboxylic acids is 1. The number of carbonyl (C=O) groups is 1. The van der Waals surface area contributed by atoms with Crippen LogP contribution >= 0.6 is 27.3 Å². The first kappa shape index (κ1) is 18.6. The van der Waals surface area contributed by atoms with Gasteiger partial charge in [-0.15, -0.1) is 11.3 Å². The molecular weight excluding hydrogens is 438 g/mol. The Morgan fingerprint density at radius 1 is 1.08 bits per heavy atom. The van der Waals surface area contributed by atoms with E-state index in [2.05, 4.69) is 20.7 Å². The number of carboxylic acid groups (broad SMARTS) is 1. The molecule has 3 rings (SSSR count). The van der Waals surface area contributed by atoms with Gasteiger partial charge in [0.1, 0.15) is 9.09 Å². The molecule has 2 N–H and O–H groups in total. The molecule has 0 amide bonds. The highest BCUT2D eigenvalue weighted by Gasteiger charge is 2.22. The Kier molecular flexibility index (Phi) is 5.17. The Labute approximate surface area is 163 Å². The van der Waals surface area contributed by atoms with Gasteiger partial charge in [0.2, 0.25) is 0 Å². The Morgan fingerprint density at radius 3 is 2.35 bits per heavy atom. The Balaban J connectivity index is 1.92. The largest absolute Gasteiger partial charge is 0.477 e. The summed E-state index contributed by atoms with van der Waals surface area (Å²) in [5.41, 5.74) is 2.64. The fourth-order valence-corrected chi connectivity index (χ4v) is 5.26. The van der Waals surface area contributed by atoms with Crippen molar-refractivity contribution in [1.29, 1.82) is 0 Å². The number of sulfonamides is 1. The maximum atomic E-state index is 12.6. The molecule has 0 fully saturated rings. The topological polar surface area (TPSA) is 83.5 Å². The zero-order valence-corrected chi connectivity index (χ0v) is 16.8. The first-order valence-electron chi connectivity index (χ1n) is 7.49. The van der Waals surface area contributed by atoms with Crippen molar-refractivity contribution in [3.63, 3.8) is 0 Å². The number of nitrogens with one attached hydrogen (secondary N) is 1. The number of aryl methyl sites for hydroxylation is 1. The van der Waals surface area contributed by atoms with E-state index in [1.54, 1.807) is 25.1 Å². The zero-order valence-electron chi connectivity index (χ0n) is 13.6. The normalized spacial score (nSPS) is 11.3. The van der Waals surface area contributed by atoms with Crippen LogP contribution in [0.25, 0.3) is 11.1 Å². The predicted molar refractivity (Wildman–Crippen MR) is 106 cm³/mol. The van der Waals surface area contributed by atoms with E-state index in [0.717, 1.165) is 26.9 Å². The minimum atomic E-state index is -3.86. The molecule has 0 aliphatic carbocycles. The summed E-state index contributed by atoms with van der Waals surface area (Å²) in [6.45, 7) is 1.58. The van der Waals surface area contributed by atoms with Crippen LogP contribution in [-0.2, 0) is 10.0 Å². The molecule has 0 saturated heterocycles. The summed E-state index contributed by atoms with van der Waals surface area (Å²) in [7, 11) is -3.86. The molecule has 0 radical (unpaired) electrons. The van der Waals surface area contributed by atoms with Crippen LogP contribution in [0, 0.1) is 6.92 Å². The third-order valence-corrected chi connectivity index (χ3v) is 7.20. The molecule has 0 saturated carbocycles. The number of halogens is 1. The Hall–Kier alpha value is -2.16. The van der Waals surface area contributed by atoms with Gasteiger partial charge in [0.25, 0.3) is 10.0 Å². The van der Waals surface area contributed by atoms with E-state index in [9.17, 15) is 13.2 Å². The molecule has 134 valence electrons. The van der Waals surface area contributed by atoms with Gasteiger partial charge >= 0.3 is 5.97 Å². The van der Waals surface area contributed by atoms with Crippen molar-refractivity contribution in [2.75, 3.05) is 4.72 Å². The summed E-state index contributed by atoms with van der Waals surface area (Å²) in [5, 5.41) is 9.11. The molecule has 1 aromatic heterocycles. The fourth-order valence-electron chi connectivity index (χ4n) is 2.43. The first-order chi connectivity index (χ1) is 12.3.